The lowest BCUT2D eigenvalue weighted by molar-refractivity contribution is -0.140. The molecule has 0 aromatic rings. The third kappa shape index (κ3) is 3.83. The Balaban J connectivity index is 3.57. The summed E-state index contributed by atoms with van der Waals surface area (Å²) in [6.07, 6.45) is 1.24. The molecule has 0 unspecified atom stereocenters. The van der Waals surface area contributed by atoms with Gasteiger partial charge in [0.25, 0.3) is 0 Å². The van der Waals surface area contributed by atoms with Crippen molar-refractivity contribution in [2.24, 2.45) is 0 Å². The molecule has 3 nitrogen and oxygen atoms in total. The van der Waals surface area contributed by atoms with Crippen LogP contribution in [0.5, 0.6) is 0 Å². The molecule has 0 aromatic carbocycles. The van der Waals surface area contributed by atoms with Gasteiger partial charge < -0.3 is 4.74 Å². The highest BCUT2D eigenvalue weighted by Crippen LogP contribution is 1.91. The van der Waals surface area contributed by atoms with Gasteiger partial charge in [0.05, 0.1) is 6.26 Å². The Morgan fingerprint density at radius 3 is 2.60 bits per heavy atom. The minimum atomic E-state index is -0.540. The zero-order chi connectivity index (χ0) is 7.98. The molecule has 0 aliphatic heterocycles. The zero-order valence-corrected chi connectivity index (χ0v) is 5.92. The molecule has 3 heteroatoms. The molecule has 10 heavy (non-hydrogen) atoms. The van der Waals surface area contributed by atoms with Crippen LogP contribution >= 0.6 is 0 Å². The minimum absolute atomic E-state index is 0.119. The number of carbonyl (C=O) groups is 2. The molecule has 0 atom stereocenters. The predicted molar refractivity (Wildman–Crippen MR) is 36.2 cm³/mol. The van der Waals surface area contributed by atoms with Gasteiger partial charge in [-0.05, 0) is 0 Å². The van der Waals surface area contributed by atoms with E-state index in [1.54, 1.807) is 6.92 Å². The summed E-state index contributed by atoms with van der Waals surface area (Å²) in [7, 11) is 0. The van der Waals surface area contributed by atoms with Gasteiger partial charge in [0, 0.05) is 6.42 Å². The van der Waals surface area contributed by atoms with E-state index >= 15 is 0 Å². The molecule has 0 aromatic heterocycles. The Hall–Kier alpha value is -1.12. The van der Waals surface area contributed by atoms with Gasteiger partial charge in [-0.3, -0.25) is 9.59 Å². The monoisotopic (exact) mass is 142 g/mol. The molecular weight excluding hydrogens is 132 g/mol. The van der Waals surface area contributed by atoms with Crippen LogP contribution in [0.2, 0.25) is 0 Å². The number of rotatable bonds is 4. The van der Waals surface area contributed by atoms with Gasteiger partial charge in [-0.25, -0.2) is 0 Å². The van der Waals surface area contributed by atoms with Crippen molar-refractivity contribution in [3.8, 4) is 0 Å². The normalized spacial score (nSPS) is 8.50. The molecule has 0 amide bonds. The van der Waals surface area contributed by atoms with Crippen molar-refractivity contribution in [2.75, 3.05) is 0 Å². The smallest absolute Gasteiger partial charge is 0.318 e. The van der Waals surface area contributed by atoms with Gasteiger partial charge in [-0.2, -0.15) is 0 Å². The van der Waals surface area contributed by atoms with E-state index in [0.717, 1.165) is 6.26 Å². The van der Waals surface area contributed by atoms with Crippen molar-refractivity contribution < 1.29 is 14.3 Å². The standard InChI is InChI=1S/C7H10O3/c1-3-6(8)5-7(9)10-4-2/h4H,2-3,5H2,1H3. The number of carbonyl (C=O) groups excluding carboxylic acids is 2. The average Bonchev–Trinajstić information content (AvgIpc) is 1.88. The van der Waals surface area contributed by atoms with Gasteiger partial charge in [0.2, 0.25) is 0 Å². The number of ketones is 1. The molecule has 0 fully saturated rings. The molecule has 0 spiro atoms. The number of esters is 1. The Labute approximate surface area is 59.7 Å². The maximum absolute atomic E-state index is 10.6. The topological polar surface area (TPSA) is 43.4 Å². The van der Waals surface area contributed by atoms with Gasteiger partial charge in [-0.15, -0.1) is 0 Å². The molecule has 0 radical (unpaired) electrons. The second-order valence-corrected chi connectivity index (χ2v) is 1.73. The van der Waals surface area contributed by atoms with E-state index in [4.69, 9.17) is 0 Å². The summed E-state index contributed by atoms with van der Waals surface area (Å²) in [6, 6.07) is 0. The highest BCUT2D eigenvalue weighted by Gasteiger charge is 2.06. The molecule has 0 saturated carbocycles. The average molecular weight is 142 g/mol. The Morgan fingerprint density at radius 1 is 1.60 bits per heavy atom. The molecule has 0 aliphatic carbocycles. The zero-order valence-electron chi connectivity index (χ0n) is 5.92. The van der Waals surface area contributed by atoms with Gasteiger partial charge in [-0.1, -0.05) is 13.5 Å². The van der Waals surface area contributed by atoms with Crippen LogP contribution in [0.3, 0.4) is 0 Å². The van der Waals surface area contributed by atoms with Crippen LogP contribution in [0.15, 0.2) is 12.8 Å². The summed E-state index contributed by atoms with van der Waals surface area (Å²) < 4.78 is 4.32. The van der Waals surface area contributed by atoms with Crippen molar-refractivity contribution in [1.82, 2.24) is 0 Å². The van der Waals surface area contributed by atoms with E-state index in [0.29, 0.717) is 6.42 Å². The maximum atomic E-state index is 10.6. The molecule has 0 N–H and O–H groups in total. The van der Waals surface area contributed by atoms with E-state index in [1.165, 1.54) is 0 Å². The van der Waals surface area contributed by atoms with Crippen LogP contribution in [0.4, 0.5) is 0 Å². The second kappa shape index (κ2) is 4.73. The Morgan fingerprint density at radius 2 is 2.20 bits per heavy atom. The van der Waals surface area contributed by atoms with Crippen LogP contribution in [0, 0.1) is 0 Å². The maximum Gasteiger partial charge on any atom is 0.318 e. The third-order valence-corrected chi connectivity index (χ3v) is 0.951. The lowest BCUT2D eigenvalue weighted by Crippen LogP contribution is -2.06. The van der Waals surface area contributed by atoms with Crippen LogP contribution in [0.1, 0.15) is 19.8 Å². The van der Waals surface area contributed by atoms with Crippen molar-refractivity contribution in [3.05, 3.63) is 12.8 Å². The summed E-state index contributed by atoms with van der Waals surface area (Å²) in [5, 5.41) is 0. The van der Waals surface area contributed by atoms with Crippen molar-refractivity contribution in [3.63, 3.8) is 0 Å². The molecule has 0 aliphatic rings. The van der Waals surface area contributed by atoms with Crippen LogP contribution in [-0.4, -0.2) is 11.8 Å². The minimum Gasteiger partial charge on any atom is -0.435 e. The SMILES string of the molecule is C=COC(=O)CC(=O)CC. The fourth-order valence-electron chi connectivity index (χ4n) is 0.421. The summed E-state index contributed by atoms with van der Waals surface area (Å²) >= 11 is 0. The summed E-state index contributed by atoms with van der Waals surface area (Å²) in [5.74, 6) is -0.659. The molecule has 56 valence electrons. The van der Waals surface area contributed by atoms with Crippen molar-refractivity contribution >= 4 is 11.8 Å². The Kier molecular flexibility index (Phi) is 4.20. The van der Waals surface area contributed by atoms with Gasteiger partial charge >= 0.3 is 5.97 Å². The van der Waals surface area contributed by atoms with Crippen molar-refractivity contribution in [1.29, 1.82) is 0 Å². The van der Waals surface area contributed by atoms with E-state index in [2.05, 4.69) is 11.3 Å². The summed E-state index contributed by atoms with van der Waals surface area (Å²) in [5.41, 5.74) is 0. The van der Waals surface area contributed by atoms with E-state index in [-0.39, 0.29) is 12.2 Å². The fraction of sp³-hybridized carbons (Fsp3) is 0.429. The number of hydrogen-bond acceptors (Lipinski definition) is 3. The van der Waals surface area contributed by atoms with E-state index in [1.807, 2.05) is 0 Å². The number of hydrogen-bond donors (Lipinski definition) is 0. The third-order valence-electron chi connectivity index (χ3n) is 0.951. The first-order valence-electron chi connectivity index (χ1n) is 3.02. The largest absolute Gasteiger partial charge is 0.435 e. The Bertz CT molecular complexity index is 149. The fourth-order valence-corrected chi connectivity index (χ4v) is 0.421. The first-order valence-corrected chi connectivity index (χ1v) is 3.02. The lowest BCUT2D eigenvalue weighted by atomic mass is 10.2. The molecular formula is C7H10O3. The van der Waals surface area contributed by atoms with Crippen LogP contribution in [0.25, 0.3) is 0 Å². The summed E-state index contributed by atoms with van der Waals surface area (Å²) in [6.45, 7) is 4.88. The molecule has 0 heterocycles. The molecule has 0 bridgehead atoms. The number of Topliss-reactive ketones (excluding diaryl/α,β-unsaturated/α-hetero) is 1. The van der Waals surface area contributed by atoms with Gasteiger partial charge in [0.1, 0.15) is 12.2 Å². The van der Waals surface area contributed by atoms with Crippen LogP contribution in [-0.2, 0) is 14.3 Å². The van der Waals surface area contributed by atoms with E-state index < -0.39 is 5.97 Å². The molecule has 0 rings (SSSR count). The van der Waals surface area contributed by atoms with Gasteiger partial charge in [0.15, 0.2) is 0 Å². The lowest BCUT2D eigenvalue weighted by Gasteiger charge is -1.94. The summed E-state index contributed by atoms with van der Waals surface area (Å²) in [4.78, 5) is 21.1. The molecule has 0 saturated heterocycles. The first-order chi connectivity index (χ1) is 4.70. The highest BCUT2D eigenvalue weighted by atomic mass is 16.5. The highest BCUT2D eigenvalue weighted by molar-refractivity contribution is 5.95. The predicted octanol–water partition coefficient (Wildman–Crippen LogP) is 1.04. The van der Waals surface area contributed by atoms with Crippen LogP contribution < -0.4 is 0 Å². The van der Waals surface area contributed by atoms with E-state index in [9.17, 15) is 9.59 Å². The number of ether oxygens (including phenoxy) is 1. The van der Waals surface area contributed by atoms with Crippen molar-refractivity contribution in [2.45, 2.75) is 19.8 Å². The quantitative estimate of drug-likeness (QED) is 0.334. The second-order valence-electron chi connectivity index (χ2n) is 1.73. The first kappa shape index (κ1) is 8.88.